The fraction of sp³-hybridized carbons (Fsp3) is 0.524. The summed E-state index contributed by atoms with van der Waals surface area (Å²) in [6.45, 7) is 5.40. The van der Waals surface area contributed by atoms with E-state index in [0.717, 1.165) is 38.6 Å². The van der Waals surface area contributed by atoms with Crippen LogP contribution in [-0.2, 0) is 6.54 Å². The highest BCUT2D eigenvalue weighted by Crippen LogP contribution is 2.31. The van der Waals surface area contributed by atoms with Crippen LogP contribution in [0.4, 0.5) is 15.8 Å². The van der Waals surface area contributed by atoms with E-state index in [1.54, 1.807) is 10.6 Å². The van der Waals surface area contributed by atoms with Gasteiger partial charge >= 0.3 is 5.97 Å². The van der Waals surface area contributed by atoms with Gasteiger partial charge in [0.05, 0.1) is 22.3 Å². The van der Waals surface area contributed by atoms with Crippen LogP contribution in [0.15, 0.2) is 17.1 Å². The van der Waals surface area contributed by atoms with Crippen LogP contribution < -0.4 is 21.8 Å². The van der Waals surface area contributed by atoms with Gasteiger partial charge in [-0.1, -0.05) is 6.92 Å². The van der Waals surface area contributed by atoms with Crippen molar-refractivity contribution in [3.8, 4) is 0 Å². The maximum atomic E-state index is 15.0. The van der Waals surface area contributed by atoms with Gasteiger partial charge in [0.1, 0.15) is 5.56 Å². The molecule has 7 nitrogen and oxygen atoms in total. The summed E-state index contributed by atoms with van der Waals surface area (Å²) < 4.78 is 16.6. The number of hydrogen-bond acceptors (Lipinski definition) is 5. The molecule has 1 aliphatic carbocycles. The van der Waals surface area contributed by atoms with Gasteiger partial charge in [-0.3, -0.25) is 4.79 Å². The van der Waals surface area contributed by atoms with Crippen molar-refractivity contribution in [2.45, 2.75) is 64.6 Å². The predicted octanol–water partition coefficient (Wildman–Crippen LogP) is 3.16. The van der Waals surface area contributed by atoms with Crippen LogP contribution in [0.2, 0.25) is 0 Å². The zero-order valence-corrected chi connectivity index (χ0v) is 16.9. The minimum Gasteiger partial charge on any atom is -0.477 e. The second-order valence-corrected chi connectivity index (χ2v) is 7.66. The summed E-state index contributed by atoms with van der Waals surface area (Å²) in [5, 5.41) is 16.0. The Hall–Kier alpha value is -2.61. The number of nitrogens with one attached hydrogen (secondary N) is 2. The Kier molecular flexibility index (Phi) is 6.42. The average molecular weight is 404 g/mol. The topological polar surface area (TPSA) is 109 Å². The Balaban J connectivity index is 1.92. The first-order chi connectivity index (χ1) is 13.9. The summed E-state index contributed by atoms with van der Waals surface area (Å²) in [6, 6.07) is 2.19. The third-order valence-corrected chi connectivity index (χ3v) is 5.69. The number of carbonyl (C=O) groups is 1. The Bertz CT molecular complexity index is 965. The maximum absolute atomic E-state index is 15.0. The first-order valence-corrected chi connectivity index (χ1v) is 10.3. The van der Waals surface area contributed by atoms with E-state index in [-0.39, 0.29) is 22.8 Å². The second-order valence-electron chi connectivity index (χ2n) is 7.66. The Morgan fingerprint density at radius 2 is 1.93 bits per heavy atom. The van der Waals surface area contributed by atoms with Crippen LogP contribution in [-0.4, -0.2) is 34.3 Å². The molecule has 1 fully saturated rings. The van der Waals surface area contributed by atoms with Gasteiger partial charge in [-0.05, 0) is 51.6 Å². The molecule has 2 aromatic rings. The lowest BCUT2D eigenvalue weighted by molar-refractivity contribution is 0.0695. The first kappa shape index (κ1) is 21.1. The summed E-state index contributed by atoms with van der Waals surface area (Å²) in [4.78, 5) is 24.0. The van der Waals surface area contributed by atoms with Crippen molar-refractivity contribution in [1.29, 1.82) is 0 Å². The van der Waals surface area contributed by atoms with Crippen molar-refractivity contribution in [2.24, 2.45) is 0 Å². The maximum Gasteiger partial charge on any atom is 0.341 e. The minimum atomic E-state index is -1.35. The molecule has 0 aliphatic heterocycles. The van der Waals surface area contributed by atoms with Gasteiger partial charge in [0.2, 0.25) is 5.43 Å². The number of halogens is 1. The van der Waals surface area contributed by atoms with E-state index in [1.165, 1.54) is 6.20 Å². The van der Waals surface area contributed by atoms with E-state index in [4.69, 9.17) is 5.73 Å². The molecule has 1 aliphatic rings. The lowest BCUT2D eigenvalue weighted by Gasteiger charge is -2.30. The van der Waals surface area contributed by atoms with Crippen LogP contribution >= 0.6 is 0 Å². The monoisotopic (exact) mass is 404 g/mol. The molecular formula is C21H29FN4O3. The van der Waals surface area contributed by atoms with Crippen LogP contribution in [0.3, 0.4) is 0 Å². The number of anilines is 2. The number of aromatic nitrogens is 1. The molecule has 0 saturated heterocycles. The molecule has 0 bridgehead atoms. The van der Waals surface area contributed by atoms with Crippen LogP contribution in [0.25, 0.3) is 10.9 Å². The molecular weight excluding hydrogens is 375 g/mol. The number of carboxylic acids is 1. The summed E-state index contributed by atoms with van der Waals surface area (Å²) in [7, 11) is 0. The van der Waals surface area contributed by atoms with Crippen LogP contribution in [0.5, 0.6) is 0 Å². The van der Waals surface area contributed by atoms with E-state index in [9.17, 15) is 19.1 Å². The van der Waals surface area contributed by atoms with Gasteiger partial charge in [-0.2, -0.15) is 0 Å². The number of hydrogen-bond donors (Lipinski definition) is 4. The fourth-order valence-corrected chi connectivity index (χ4v) is 4.08. The van der Waals surface area contributed by atoms with Crippen LogP contribution in [0.1, 0.15) is 56.3 Å². The van der Waals surface area contributed by atoms with Gasteiger partial charge < -0.3 is 26.0 Å². The number of rotatable bonds is 7. The van der Waals surface area contributed by atoms with Gasteiger partial charge in [0.25, 0.3) is 0 Å². The van der Waals surface area contributed by atoms with E-state index in [1.807, 2.05) is 6.92 Å². The molecule has 0 spiro atoms. The zero-order valence-electron chi connectivity index (χ0n) is 16.9. The van der Waals surface area contributed by atoms with E-state index in [0.29, 0.717) is 18.1 Å². The van der Waals surface area contributed by atoms with Crippen molar-refractivity contribution < 1.29 is 14.3 Å². The predicted molar refractivity (Wildman–Crippen MR) is 113 cm³/mol. The van der Waals surface area contributed by atoms with Crippen molar-refractivity contribution in [3.63, 3.8) is 0 Å². The van der Waals surface area contributed by atoms with E-state index in [2.05, 4.69) is 17.6 Å². The number of nitrogens with two attached hydrogens (primary N) is 1. The van der Waals surface area contributed by atoms with Crippen molar-refractivity contribution in [3.05, 3.63) is 33.9 Å². The molecule has 0 amide bonds. The first-order valence-electron chi connectivity index (χ1n) is 10.3. The lowest BCUT2D eigenvalue weighted by atomic mass is 9.91. The smallest absolute Gasteiger partial charge is 0.341 e. The SMILES string of the molecule is CCCNC1CCC(Nc2cc3c(c(N)c2F)c(=O)c(C(=O)O)cn3CC)CC1. The van der Waals surface area contributed by atoms with Gasteiger partial charge in [0.15, 0.2) is 5.82 Å². The number of aryl methyl sites for hydroxylation is 1. The summed E-state index contributed by atoms with van der Waals surface area (Å²) >= 11 is 0. The van der Waals surface area contributed by atoms with Gasteiger partial charge in [-0.15, -0.1) is 0 Å². The minimum absolute atomic E-state index is 0.0812. The number of nitrogen functional groups attached to an aromatic ring is 1. The number of aromatic carboxylic acids is 1. The van der Waals surface area contributed by atoms with Crippen molar-refractivity contribution in [1.82, 2.24) is 9.88 Å². The summed E-state index contributed by atoms with van der Waals surface area (Å²) in [5.41, 5.74) is 5.17. The Labute approximate surface area is 169 Å². The number of carboxylic acid groups (broad SMARTS) is 1. The number of benzene rings is 1. The standard InChI is InChI=1S/C21H29FN4O3/c1-3-9-24-12-5-7-13(8-6-12)25-15-10-16-17(19(23)18(15)22)20(27)14(21(28)29)11-26(16)4-2/h10-13,24-25H,3-9,23H2,1-2H3,(H,28,29). The second kappa shape index (κ2) is 8.82. The summed E-state index contributed by atoms with van der Waals surface area (Å²) in [5.74, 6) is -2.06. The fourth-order valence-electron chi connectivity index (χ4n) is 4.08. The third-order valence-electron chi connectivity index (χ3n) is 5.69. The van der Waals surface area contributed by atoms with Gasteiger partial charge in [0, 0.05) is 24.8 Å². The molecule has 3 rings (SSSR count). The van der Waals surface area contributed by atoms with Crippen molar-refractivity contribution >= 4 is 28.2 Å². The molecule has 158 valence electrons. The largest absolute Gasteiger partial charge is 0.477 e. The van der Waals surface area contributed by atoms with E-state index < -0.39 is 22.8 Å². The molecule has 0 atom stereocenters. The van der Waals surface area contributed by atoms with Gasteiger partial charge in [-0.25, -0.2) is 9.18 Å². The molecule has 8 heteroatoms. The molecule has 1 aromatic heterocycles. The molecule has 1 aromatic carbocycles. The molecule has 1 heterocycles. The molecule has 5 N–H and O–H groups in total. The number of pyridine rings is 1. The van der Waals surface area contributed by atoms with Crippen LogP contribution in [0, 0.1) is 5.82 Å². The normalized spacial score (nSPS) is 19.4. The Morgan fingerprint density at radius 3 is 2.52 bits per heavy atom. The quantitative estimate of drug-likeness (QED) is 0.528. The molecule has 0 unspecified atom stereocenters. The highest BCUT2D eigenvalue weighted by Gasteiger charge is 2.24. The lowest BCUT2D eigenvalue weighted by Crippen LogP contribution is -2.37. The Morgan fingerprint density at radius 1 is 1.28 bits per heavy atom. The highest BCUT2D eigenvalue weighted by molar-refractivity contribution is 5.99. The third kappa shape index (κ3) is 4.22. The average Bonchev–Trinajstić information content (AvgIpc) is 2.71. The zero-order chi connectivity index (χ0) is 21.1. The molecule has 1 saturated carbocycles. The highest BCUT2D eigenvalue weighted by atomic mass is 19.1. The number of nitrogens with zero attached hydrogens (tertiary/aromatic N) is 1. The molecule has 0 radical (unpaired) electrons. The van der Waals surface area contributed by atoms with Crippen molar-refractivity contribution in [2.75, 3.05) is 17.6 Å². The number of fused-ring (bicyclic) bond motifs is 1. The molecule has 29 heavy (non-hydrogen) atoms. The van der Waals surface area contributed by atoms with E-state index >= 15 is 0 Å². The summed E-state index contributed by atoms with van der Waals surface area (Å²) in [6.07, 6.45) is 6.25.